The van der Waals surface area contributed by atoms with Crippen molar-refractivity contribution in [3.8, 4) is 0 Å². The van der Waals surface area contributed by atoms with Crippen LogP contribution in [0, 0.1) is 11.7 Å². The Labute approximate surface area is 102 Å². The van der Waals surface area contributed by atoms with Crippen LogP contribution >= 0.6 is 0 Å². The third-order valence-corrected chi connectivity index (χ3v) is 2.48. The number of hydrogen-bond donors (Lipinski definition) is 3. The average molecular weight is 251 g/mol. The molecule has 3 amide bonds. The van der Waals surface area contributed by atoms with Gasteiger partial charge in [-0.25, -0.2) is 4.39 Å². The molecule has 1 aliphatic rings. The fourth-order valence-electron chi connectivity index (χ4n) is 1.55. The largest absolute Gasteiger partial charge is 0.324 e. The van der Waals surface area contributed by atoms with E-state index in [2.05, 4.69) is 16.2 Å². The van der Waals surface area contributed by atoms with E-state index in [-0.39, 0.29) is 12.1 Å². The summed E-state index contributed by atoms with van der Waals surface area (Å²) in [6, 6.07) is 5.64. The maximum atomic E-state index is 13.2. The molecule has 0 radical (unpaired) electrons. The van der Waals surface area contributed by atoms with Crippen molar-refractivity contribution in [3.05, 3.63) is 30.1 Å². The fourth-order valence-corrected chi connectivity index (χ4v) is 1.55. The minimum Gasteiger partial charge on any atom is -0.324 e. The molecule has 94 valence electrons. The number of benzene rings is 1. The minimum atomic E-state index is -1.07. The minimum absolute atomic E-state index is 0.0151. The Bertz CT molecular complexity index is 502. The van der Waals surface area contributed by atoms with Crippen molar-refractivity contribution < 1.29 is 18.8 Å². The number of nitrogens with one attached hydrogen (secondary N) is 3. The van der Waals surface area contributed by atoms with Gasteiger partial charge in [0.25, 0.3) is 11.8 Å². The zero-order chi connectivity index (χ0) is 13.1. The van der Waals surface area contributed by atoms with Crippen molar-refractivity contribution in [2.75, 3.05) is 5.32 Å². The highest BCUT2D eigenvalue weighted by atomic mass is 19.1. The van der Waals surface area contributed by atoms with Gasteiger partial charge in [0.15, 0.2) is 0 Å². The van der Waals surface area contributed by atoms with Gasteiger partial charge in [0, 0.05) is 6.42 Å². The molecule has 0 spiro atoms. The highest BCUT2D eigenvalue weighted by Gasteiger charge is 2.34. The second-order valence-corrected chi connectivity index (χ2v) is 3.76. The molecule has 6 nitrogen and oxygen atoms in total. The highest BCUT2D eigenvalue weighted by molar-refractivity contribution is 6.08. The molecule has 1 aromatic rings. The summed E-state index contributed by atoms with van der Waals surface area (Å²) < 4.78 is 13.2. The van der Waals surface area contributed by atoms with Gasteiger partial charge in [-0.1, -0.05) is 12.1 Å². The van der Waals surface area contributed by atoms with Crippen LogP contribution in [0.25, 0.3) is 0 Å². The van der Waals surface area contributed by atoms with E-state index in [1.54, 1.807) is 6.07 Å². The van der Waals surface area contributed by atoms with Crippen molar-refractivity contribution in [3.63, 3.8) is 0 Å². The van der Waals surface area contributed by atoms with Crippen LogP contribution in [0.3, 0.4) is 0 Å². The zero-order valence-corrected chi connectivity index (χ0v) is 9.20. The number of halogens is 1. The van der Waals surface area contributed by atoms with Gasteiger partial charge in [0.2, 0.25) is 5.91 Å². The highest BCUT2D eigenvalue weighted by Crippen LogP contribution is 2.14. The Morgan fingerprint density at radius 3 is 2.44 bits per heavy atom. The van der Waals surface area contributed by atoms with Gasteiger partial charge in [-0.2, -0.15) is 0 Å². The summed E-state index contributed by atoms with van der Waals surface area (Å²) in [6.07, 6.45) is -0.327. The van der Waals surface area contributed by atoms with E-state index < -0.39 is 29.5 Å². The second-order valence-electron chi connectivity index (χ2n) is 3.76. The van der Waals surface area contributed by atoms with Crippen molar-refractivity contribution in [1.29, 1.82) is 0 Å². The summed E-state index contributed by atoms with van der Waals surface area (Å²) in [6.45, 7) is 0. The molecule has 0 bridgehead atoms. The van der Waals surface area contributed by atoms with Gasteiger partial charge < -0.3 is 5.32 Å². The zero-order valence-electron chi connectivity index (χ0n) is 9.20. The van der Waals surface area contributed by atoms with Crippen LogP contribution in [0.1, 0.15) is 6.42 Å². The molecule has 0 atom stereocenters. The predicted molar refractivity (Wildman–Crippen MR) is 59.4 cm³/mol. The van der Waals surface area contributed by atoms with E-state index in [0.717, 1.165) is 0 Å². The second kappa shape index (κ2) is 4.82. The summed E-state index contributed by atoms with van der Waals surface area (Å²) in [5.74, 6) is -3.38. The maximum absolute atomic E-state index is 13.2. The molecule has 2 rings (SSSR count). The van der Waals surface area contributed by atoms with Crippen LogP contribution in [0.2, 0.25) is 0 Å². The quantitative estimate of drug-likeness (QED) is 0.657. The van der Waals surface area contributed by atoms with E-state index in [9.17, 15) is 18.8 Å². The van der Waals surface area contributed by atoms with Crippen LogP contribution in [-0.2, 0) is 14.4 Å². The topological polar surface area (TPSA) is 87.3 Å². The van der Waals surface area contributed by atoms with Crippen molar-refractivity contribution in [2.24, 2.45) is 5.92 Å². The first-order valence-corrected chi connectivity index (χ1v) is 5.22. The molecule has 0 unspecified atom stereocenters. The van der Waals surface area contributed by atoms with Gasteiger partial charge >= 0.3 is 0 Å². The Morgan fingerprint density at radius 1 is 1.22 bits per heavy atom. The maximum Gasteiger partial charge on any atom is 0.251 e. The van der Waals surface area contributed by atoms with Gasteiger partial charge in [0.05, 0.1) is 5.69 Å². The summed E-state index contributed by atoms with van der Waals surface area (Å²) in [7, 11) is 0. The molecule has 1 fully saturated rings. The number of carbonyl (C=O) groups excluding carboxylic acids is 3. The lowest BCUT2D eigenvalue weighted by Crippen LogP contribution is -2.28. The molecular formula is C11H10FN3O3. The molecule has 7 heteroatoms. The molecule has 3 N–H and O–H groups in total. The van der Waals surface area contributed by atoms with Gasteiger partial charge in [-0.15, -0.1) is 0 Å². The molecule has 0 saturated carbocycles. The third-order valence-electron chi connectivity index (χ3n) is 2.48. The van der Waals surface area contributed by atoms with Crippen LogP contribution in [0.4, 0.5) is 10.1 Å². The van der Waals surface area contributed by atoms with Gasteiger partial charge in [0.1, 0.15) is 11.7 Å². The Morgan fingerprint density at radius 2 is 1.83 bits per heavy atom. The lowest BCUT2D eigenvalue weighted by atomic mass is 10.1. The smallest absolute Gasteiger partial charge is 0.251 e. The molecular weight excluding hydrogens is 241 g/mol. The Balaban J connectivity index is 1.99. The first-order chi connectivity index (χ1) is 8.58. The molecule has 1 aromatic carbocycles. The number of anilines is 1. The van der Waals surface area contributed by atoms with Crippen molar-refractivity contribution in [1.82, 2.24) is 10.9 Å². The standard InChI is InChI=1S/C11H10FN3O3/c12-7-3-1-2-4-8(7)13-9(16)5-6-10(17)14-15-11(6)18/h1-4,6H,5H2,(H,13,16)(H,14,17)(H,15,18). The van der Waals surface area contributed by atoms with E-state index >= 15 is 0 Å². The average Bonchev–Trinajstić information content (AvgIpc) is 2.64. The number of para-hydroxylation sites is 1. The number of carbonyl (C=O) groups is 3. The molecule has 1 heterocycles. The number of hydrazine groups is 1. The van der Waals surface area contributed by atoms with Crippen molar-refractivity contribution >= 4 is 23.4 Å². The van der Waals surface area contributed by atoms with Crippen LogP contribution in [-0.4, -0.2) is 17.7 Å². The van der Waals surface area contributed by atoms with Crippen molar-refractivity contribution in [2.45, 2.75) is 6.42 Å². The molecule has 0 aromatic heterocycles. The number of rotatable bonds is 3. The van der Waals surface area contributed by atoms with Crippen LogP contribution in [0.15, 0.2) is 24.3 Å². The van der Waals surface area contributed by atoms with Crippen LogP contribution in [0.5, 0.6) is 0 Å². The lowest BCUT2D eigenvalue weighted by Gasteiger charge is -2.07. The van der Waals surface area contributed by atoms with E-state index in [0.29, 0.717) is 0 Å². The number of hydrogen-bond acceptors (Lipinski definition) is 3. The van der Waals surface area contributed by atoms with Gasteiger partial charge in [-0.3, -0.25) is 25.2 Å². The third kappa shape index (κ3) is 2.45. The monoisotopic (exact) mass is 251 g/mol. The van der Waals surface area contributed by atoms with E-state index in [1.807, 2.05) is 0 Å². The Kier molecular flexibility index (Phi) is 3.22. The summed E-state index contributed by atoms with van der Waals surface area (Å²) in [4.78, 5) is 34.0. The Hall–Kier alpha value is -2.44. The van der Waals surface area contributed by atoms with Crippen LogP contribution < -0.4 is 16.2 Å². The van der Waals surface area contributed by atoms with E-state index in [1.165, 1.54) is 18.2 Å². The molecule has 0 aliphatic carbocycles. The first kappa shape index (κ1) is 12.0. The fraction of sp³-hybridized carbons (Fsp3) is 0.182. The SMILES string of the molecule is O=C(CC1C(=O)NNC1=O)Nc1ccccc1F. The van der Waals surface area contributed by atoms with Gasteiger partial charge in [-0.05, 0) is 12.1 Å². The lowest BCUT2D eigenvalue weighted by molar-refractivity contribution is -0.131. The first-order valence-electron chi connectivity index (χ1n) is 5.22. The molecule has 18 heavy (non-hydrogen) atoms. The predicted octanol–water partition coefficient (Wildman–Crippen LogP) is -0.0685. The number of amides is 3. The summed E-state index contributed by atoms with van der Waals surface area (Å²) >= 11 is 0. The normalized spacial score (nSPS) is 15.2. The summed E-state index contributed by atoms with van der Waals surface area (Å²) in [5.41, 5.74) is 4.23. The summed E-state index contributed by atoms with van der Waals surface area (Å²) in [5, 5.41) is 2.30. The molecule has 1 aliphatic heterocycles. The van der Waals surface area contributed by atoms with E-state index in [4.69, 9.17) is 0 Å². The molecule has 1 saturated heterocycles.